The predicted molar refractivity (Wildman–Crippen MR) is 145 cm³/mol. The second-order valence-corrected chi connectivity index (χ2v) is 10.6. The summed E-state index contributed by atoms with van der Waals surface area (Å²) in [6.07, 6.45) is 1.69. The number of fused-ring (bicyclic) bond motifs is 2. The van der Waals surface area contributed by atoms with E-state index in [9.17, 15) is 22.4 Å². The number of benzene rings is 2. The zero-order chi connectivity index (χ0) is 28.4. The average molecular weight is 576 g/mol. The molecule has 2 aromatic carbocycles. The number of carbonyl (C=O) groups excluding carboxylic acids is 1. The molecule has 2 N–H and O–H groups in total. The summed E-state index contributed by atoms with van der Waals surface area (Å²) in [7, 11) is 0. The Morgan fingerprint density at radius 2 is 1.88 bits per heavy atom. The van der Waals surface area contributed by atoms with Crippen LogP contribution in [0, 0.1) is 5.82 Å². The Morgan fingerprint density at radius 1 is 1.12 bits per heavy atom. The minimum atomic E-state index is -4.83. The molecule has 2 amide bonds. The maximum absolute atomic E-state index is 14.1. The zero-order valence-electron chi connectivity index (χ0n) is 21.5. The molecule has 1 fully saturated rings. The first kappa shape index (κ1) is 28.1. The maximum atomic E-state index is 14.1. The molecule has 0 bridgehead atoms. The van der Waals surface area contributed by atoms with Gasteiger partial charge in [-0.05, 0) is 79.5 Å². The molecule has 210 valence electrons. The summed E-state index contributed by atoms with van der Waals surface area (Å²) < 4.78 is 56.8. The number of nitrogens with one attached hydrogen (secondary N) is 2. The van der Waals surface area contributed by atoms with Gasteiger partial charge in [0, 0.05) is 24.4 Å². The molecule has 0 saturated carbocycles. The summed E-state index contributed by atoms with van der Waals surface area (Å²) >= 11 is 6.02. The number of carbonyl (C=O) groups is 1. The van der Waals surface area contributed by atoms with Gasteiger partial charge in [-0.25, -0.2) is 18.7 Å². The summed E-state index contributed by atoms with van der Waals surface area (Å²) in [5.41, 5.74) is 2.32. The summed E-state index contributed by atoms with van der Waals surface area (Å²) in [5.74, 6) is -0.660. The minimum Gasteiger partial charge on any atom is -0.406 e. The average Bonchev–Trinajstić information content (AvgIpc) is 3.17. The van der Waals surface area contributed by atoms with Gasteiger partial charge in [-0.15, -0.1) is 13.2 Å². The predicted octanol–water partition coefficient (Wildman–Crippen LogP) is 6.34. The molecule has 1 atom stereocenters. The molecule has 1 spiro atoms. The van der Waals surface area contributed by atoms with Crippen molar-refractivity contribution >= 4 is 29.4 Å². The lowest BCUT2D eigenvalue weighted by atomic mass is 9.74. The second-order valence-electron chi connectivity index (χ2n) is 10.2. The highest BCUT2D eigenvalue weighted by Crippen LogP contribution is 2.51. The van der Waals surface area contributed by atoms with Crippen LogP contribution in [0.5, 0.6) is 5.75 Å². The fourth-order valence-electron chi connectivity index (χ4n) is 5.78. The monoisotopic (exact) mass is 575 g/mol. The van der Waals surface area contributed by atoms with Crippen LogP contribution >= 0.6 is 11.6 Å². The molecule has 3 aromatic rings. The number of pyridine rings is 1. The van der Waals surface area contributed by atoms with Crippen LogP contribution in [0.2, 0.25) is 5.15 Å². The highest BCUT2D eigenvalue weighted by atomic mass is 35.5. The summed E-state index contributed by atoms with van der Waals surface area (Å²) in [6.45, 7) is 2.15. The number of hydrogen-bond acceptors (Lipinski definition) is 4. The van der Waals surface area contributed by atoms with E-state index in [2.05, 4.69) is 20.4 Å². The van der Waals surface area contributed by atoms with Crippen molar-refractivity contribution < 1.29 is 27.1 Å². The molecule has 11 heteroatoms. The summed E-state index contributed by atoms with van der Waals surface area (Å²) in [4.78, 5) is 18.1. The lowest BCUT2D eigenvalue weighted by Gasteiger charge is -2.36. The molecule has 0 aliphatic carbocycles. The van der Waals surface area contributed by atoms with E-state index in [-0.39, 0.29) is 35.2 Å². The molecule has 3 heterocycles. The Bertz CT molecular complexity index is 1410. The van der Waals surface area contributed by atoms with Crippen molar-refractivity contribution in [3.8, 4) is 5.75 Å². The molecule has 6 nitrogen and oxygen atoms in total. The number of rotatable bonds is 6. The normalized spacial score (nSPS) is 20.0. The molecule has 0 radical (unpaired) electrons. The third-order valence-corrected chi connectivity index (χ3v) is 7.79. The Morgan fingerprint density at radius 3 is 2.58 bits per heavy atom. The number of hydrogen-bond donors (Lipinski definition) is 2. The number of aromatic nitrogens is 1. The van der Waals surface area contributed by atoms with Crippen LogP contribution in [0.3, 0.4) is 0 Å². The second kappa shape index (κ2) is 11.2. The number of alkyl halides is 3. The number of halogens is 5. The first-order valence-electron chi connectivity index (χ1n) is 12.9. The van der Waals surface area contributed by atoms with Gasteiger partial charge < -0.3 is 15.4 Å². The van der Waals surface area contributed by atoms with Gasteiger partial charge >= 0.3 is 12.4 Å². The van der Waals surface area contributed by atoms with Crippen LogP contribution in [0.1, 0.15) is 29.5 Å². The third-order valence-electron chi connectivity index (χ3n) is 7.59. The van der Waals surface area contributed by atoms with Gasteiger partial charge in [-0.1, -0.05) is 29.8 Å². The number of ether oxygens (including phenoxy) is 1. The smallest absolute Gasteiger partial charge is 0.406 e. The summed E-state index contributed by atoms with van der Waals surface area (Å²) in [6, 6.07) is 13.4. The molecule has 2 aliphatic heterocycles. The van der Waals surface area contributed by atoms with Gasteiger partial charge in [0.05, 0.1) is 5.41 Å². The van der Waals surface area contributed by atoms with Crippen molar-refractivity contribution in [2.45, 2.75) is 31.2 Å². The highest BCUT2D eigenvalue weighted by Gasteiger charge is 2.57. The van der Waals surface area contributed by atoms with E-state index >= 15 is 0 Å². The number of quaternary nitrogens is 1. The van der Waals surface area contributed by atoms with Crippen LogP contribution in [-0.4, -0.2) is 43.6 Å². The Hall–Kier alpha value is -3.47. The van der Waals surface area contributed by atoms with E-state index in [4.69, 9.17) is 11.6 Å². The standard InChI is InChI=1S/C29H27ClF4N4O2/c30-26-16-21(9-12-36-26)18-37-27(39)38(15-1-2-20-3-5-22(31)6-4-20)19-28(10-13-35-14-11-28)24-17-23(7-8-25(24)38)40-29(32,33)34/h1-9,12,16-17,35H,10-11,13-15,18-19H2/p+1/b2-1+. The number of urea groups is 1. The number of nitrogens with zero attached hydrogens (tertiary/aromatic N) is 2. The van der Waals surface area contributed by atoms with Gasteiger partial charge in [0.2, 0.25) is 0 Å². The third kappa shape index (κ3) is 5.99. The van der Waals surface area contributed by atoms with Crippen LogP contribution in [-0.2, 0) is 12.0 Å². The van der Waals surface area contributed by atoms with Crippen molar-refractivity contribution in [3.05, 3.63) is 94.5 Å². The maximum Gasteiger partial charge on any atom is 0.573 e. The van der Waals surface area contributed by atoms with Crippen LogP contribution < -0.4 is 19.9 Å². The van der Waals surface area contributed by atoms with Gasteiger partial charge in [0.15, 0.2) is 0 Å². The van der Waals surface area contributed by atoms with Crippen LogP contribution in [0.15, 0.2) is 66.9 Å². The van der Waals surface area contributed by atoms with E-state index in [0.29, 0.717) is 48.9 Å². The molecule has 1 unspecified atom stereocenters. The minimum absolute atomic E-state index is 0.141. The SMILES string of the molecule is O=C(NCc1ccnc(Cl)c1)[N+]1(C/C=C/c2ccc(F)cc2)CC2(CCNCC2)c2cc(OC(F)(F)F)ccc21. The largest absolute Gasteiger partial charge is 0.573 e. The first-order chi connectivity index (χ1) is 19.1. The van der Waals surface area contributed by atoms with Gasteiger partial charge in [0.1, 0.15) is 35.5 Å². The molecule has 40 heavy (non-hydrogen) atoms. The Labute approximate surface area is 234 Å². The number of piperidine rings is 1. The molecular weight excluding hydrogens is 548 g/mol. The fourth-order valence-corrected chi connectivity index (χ4v) is 5.98. The van der Waals surface area contributed by atoms with E-state index in [1.807, 2.05) is 12.2 Å². The van der Waals surface area contributed by atoms with Crippen LogP contribution in [0.4, 0.5) is 28.0 Å². The van der Waals surface area contributed by atoms with Crippen molar-refractivity contribution in [1.82, 2.24) is 20.1 Å². The lowest BCUT2D eigenvalue weighted by molar-refractivity contribution is -0.274. The molecule has 5 rings (SSSR count). The molecule has 2 aliphatic rings. The Balaban J connectivity index is 1.54. The van der Waals surface area contributed by atoms with Gasteiger partial charge in [0.25, 0.3) is 0 Å². The fraction of sp³-hybridized carbons (Fsp3) is 0.310. The van der Waals surface area contributed by atoms with Crippen molar-refractivity contribution in [2.75, 3.05) is 26.2 Å². The van der Waals surface area contributed by atoms with Crippen molar-refractivity contribution in [1.29, 1.82) is 0 Å². The quantitative estimate of drug-likeness (QED) is 0.205. The summed E-state index contributed by atoms with van der Waals surface area (Å²) in [5, 5.41) is 6.63. The number of amides is 2. The molecular formula is C29H28ClF4N4O2+. The molecule has 1 aromatic heterocycles. The van der Waals surface area contributed by atoms with Crippen molar-refractivity contribution in [2.24, 2.45) is 0 Å². The topological polar surface area (TPSA) is 63.2 Å². The van der Waals surface area contributed by atoms with E-state index in [1.165, 1.54) is 24.3 Å². The zero-order valence-corrected chi connectivity index (χ0v) is 22.2. The first-order valence-corrected chi connectivity index (χ1v) is 13.3. The van der Waals surface area contributed by atoms with Gasteiger partial charge in [-0.3, -0.25) is 0 Å². The van der Waals surface area contributed by atoms with Crippen molar-refractivity contribution in [3.63, 3.8) is 0 Å². The van der Waals surface area contributed by atoms with E-state index < -0.39 is 11.8 Å². The Kier molecular flexibility index (Phi) is 7.85. The molecule has 1 saturated heterocycles. The van der Waals surface area contributed by atoms with E-state index in [0.717, 1.165) is 11.1 Å². The van der Waals surface area contributed by atoms with Crippen LogP contribution in [0.25, 0.3) is 6.08 Å². The highest BCUT2D eigenvalue weighted by molar-refractivity contribution is 6.29. The lowest BCUT2D eigenvalue weighted by Crippen LogP contribution is -2.60. The van der Waals surface area contributed by atoms with Gasteiger partial charge in [-0.2, -0.15) is 0 Å². The van der Waals surface area contributed by atoms with E-state index in [1.54, 1.807) is 36.5 Å².